The fraction of sp³-hybridized carbons (Fsp3) is 0.368. The zero-order chi connectivity index (χ0) is 18.1. The van der Waals surface area contributed by atoms with Crippen molar-refractivity contribution in [3.05, 3.63) is 53.5 Å². The van der Waals surface area contributed by atoms with Crippen molar-refractivity contribution in [3.63, 3.8) is 0 Å². The maximum Gasteiger partial charge on any atom is 0.198 e. The van der Waals surface area contributed by atoms with Crippen molar-refractivity contribution < 1.29 is 9.15 Å². The van der Waals surface area contributed by atoms with Gasteiger partial charge in [-0.25, -0.2) is 0 Å². The number of hydrogen-bond donors (Lipinski definition) is 0. The summed E-state index contributed by atoms with van der Waals surface area (Å²) in [6.07, 6.45) is 1.82. The van der Waals surface area contributed by atoms with Crippen molar-refractivity contribution in [2.24, 2.45) is 7.05 Å². The summed E-state index contributed by atoms with van der Waals surface area (Å²) in [5.41, 5.74) is 2.48. The quantitative estimate of drug-likeness (QED) is 0.699. The van der Waals surface area contributed by atoms with E-state index >= 15 is 0 Å². The Labute approximate surface area is 157 Å². The summed E-state index contributed by atoms with van der Waals surface area (Å²) < 4.78 is 14.0. The molecule has 7 heteroatoms. The van der Waals surface area contributed by atoms with E-state index in [4.69, 9.17) is 9.15 Å². The minimum atomic E-state index is 0.140. The highest BCUT2D eigenvalue weighted by Gasteiger charge is 2.21. The minimum absolute atomic E-state index is 0.140. The van der Waals surface area contributed by atoms with Gasteiger partial charge in [0.2, 0.25) is 0 Å². The van der Waals surface area contributed by atoms with Gasteiger partial charge >= 0.3 is 0 Å². The van der Waals surface area contributed by atoms with E-state index in [0.29, 0.717) is 0 Å². The molecule has 1 aliphatic rings. The zero-order valence-corrected chi connectivity index (χ0v) is 16.0. The largest absolute Gasteiger partial charge is 0.489 e. The molecule has 0 saturated heterocycles. The van der Waals surface area contributed by atoms with E-state index in [-0.39, 0.29) is 6.10 Å². The van der Waals surface area contributed by atoms with Gasteiger partial charge < -0.3 is 13.7 Å². The third kappa shape index (κ3) is 3.78. The number of nitrogens with zero attached hydrogens (tertiary/aromatic N) is 4. The van der Waals surface area contributed by atoms with Crippen LogP contribution < -0.4 is 4.74 Å². The second-order valence-electron chi connectivity index (χ2n) is 6.76. The molecule has 0 saturated carbocycles. The molecule has 2 aromatic heterocycles. The maximum atomic E-state index is 6.07. The molecule has 0 radical (unpaired) electrons. The van der Waals surface area contributed by atoms with Crippen LogP contribution in [0, 0.1) is 6.92 Å². The third-order valence-electron chi connectivity index (χ3n) is 4.33. The van der Waals surface area contributed by atoms with Gasteiger partial charge in [0.15, 0.2) is 10.2 Å². The van der Waals surface area contributed by atoms with Gasteiger partial charge in [-0.15, -0.1) is 10.2 Å². The van der Waals surface area contributed by atoms with Crippen LogP contribution in [-0.4, -0.2) is 32.3 Å². The number of fused-ring (bicyclic) bond motifs is 1. The van der Waals surface area contributed by atoms with Gasteiger partial charge in [0.1, 0.15) is 23.9 Å². The number of furan rings is 1. The van der Waals surface area contributed by atoms with Crippen LogP contribution in [0.15, 0.2) is 51.3 Å². The molecule has 4 rings (SSSR count). The van der Waals surface area contributed by atoms with Crippen LogP contribution in [0.5, 0.6) is 5.75 Å². The molecule has 0 spiro atoms. The highest BCUT2D eigenvalue weighted by molar-refractivity contribution is 7.99. The van der Waals surface area contributed by atoms with Crippen molar-refractivity contribution in [2.45, 2.75) is 43.3 Å². The fourth-order valence-corrected chi connectivity index (χ4v) is 3.91. The Hall–Kier alpha value is -2.25. The van der Waals surface area contributed by atoms with Crippen molar-refractivity contribution in [3.8, 4) is 5.75 Å². The van der Waals surface area contributed by atoms with E-state index in [0.717, 1.165) is 41.4 Å². The van der Waals surface area contributed by atoms with Crippen molar-refractivity contribution >= 4 is 11.8 Å². The Kier molecular flexibility index (Phi) is 4.74. The Morgan fingerprint density at radius 3 is 2.96 bits per heavy atom. The molecule has 0 N–H and O–H groups in total. The fourth-order valence-electron chi connectivity index (χ4n) is 3.16. The molecule has 3 heterocycles. The van der Waals surface area contributed by atoms with Crippen LogP contribution in [0.3, 0.4) is 0 Å². The van der Waals surface area contributed by atoms with Crippen molar-refractivity contribution in [2.75, 3.05) is 6.54 Å². The first-order valence-corrected chi connectivity index (χ1v) is 9.47. The van der Waals surface area contributed by atoms with Gasteiger partial charge in [0, 0.05) is 25.7 Å². The molecule has 3 aromatic rings. The molecular weight excluding hydrogens is 348 g/mol. The Morgan fingerprint density at radius 2 is 2.15 bits per heavy atom. The monoisotopic (exact) mass is 370 g/mol. The lowest BCUT2D eigenvalue weighted by molar-refractivity contribution is 0.148. The van der Waals surface area contributed by atoms with Crippen LogP contribution in [0.4, 0.5) is 0 Å². The highest BCUT2D eigenvalue weighted by atomic mass is 32.2. The molecule has 0 fully saturated rings. The first kappa shape index (κ1) is 17.2. The molecule has 0 aliphatic carbocycles. The molecule has 0 bridgehead atoms. The second kappa shape index (κ2) is 7.17. The van der Waals surface area contributed by atoms with Gasteiger partial charge in [-0.05, 0) is 43.8 Å². The molecule has 1 aromatic carbocycles. The normalized spacial score (nSPS) is 17.6. The molecule has 1 atom stereocenters. The van der Waals surface area contributed by atoms with Gasteiger partial charge in [-0.1, -0.05) is 17.7 Å². The molecule has 6 nitrogen and oxygen atoms in total. The summed E-state index contributed by atoms with van der Waals surface area (Å²) in [4.78, 5) is 2.37. The lowest BCUT2D eigenvalue weighted by atomic mass is 10.1. The Balaban J connectivity index is 1.47. The van der Waals surface area contributed by atoms with Crippen LogP contribution in [-0.2, 0) is 20.1 Å². The van der Waals surface area contributed by atoms with E-state index < -0.39 is 0 Å². The number of aromatic nitrogens is 3. The topological polar surface area (TPSA) is 56.3 Å². The third-order valence-corrected chi connectivity index (χ3v) is 5.30. The van der Waals surface area contributed by atoms with E-state index in [1.54, 1.807) is 6.33 Å². The average Bonchev–Trinajstić information content (AvgIpc) is 3.15. The lowest BCUT2D eigenvalue weighted by Gasteiger charge is -2.20. The molecule has 1 aliphatic heterocycles. The number of rotatable bonds is 4. The number of hydrogen-bond acceptors (Lipinski definition) is 6. The number of ether oxygens (including phenoxy) is 1. The van der Waals surface area contributed by atoms with Gasteiger partial charge in [-0.2, -0.15) is 0 Å². The molecule has 26 heavy (non-hydrogen) atoms. The number of benzene rings is 1. The second-order valence-corrected chi connectivity index (χ2v) is 7.73. The SMILES string of the molecule is Cc1ccc2c(c1)CN(Cc1ccc(Sc3nncn3C)o1)CC(C)O2. The smallest absolute Gasteiger partial charge is 0.198 e. The molecule has 136 valence electrons. The predicted molar refractivity (Wildman–Crippen MR) is 99.2 cm³/mol. The van der Waals surface area contributed by atoms with Crippen LogP contribution in [0.25, 0.3) is 0 Å². The minimum Gasteiger partial charge on any atom is -0.489 e. The summed E-state index contributed by atoms with van der Waals surface area (Å²) in [5.74, 6) is 1.93. The average molecular weight is 370 g/mol. The van der Waals surface area contributed by atoms with Crippen LogP contribution in [0.2, 0.25) is 0 Å². The van der Waals surface area contributed by atoms with Crippen LogP contribution in [0.1, 0.15) is 23.8 Å². The van der Waals surface area contributed by atoms with E-state index in [2.05, 4.69) is 47.1 Å². The van der Waals surface area contributed by atoms with Crippen molar-refractivity contribution in [1.29, 1.82) is 0 Å². The van der Waals surface area contributed by atoms with Gasteiger partial charge in [0.25, 0.3) is 0 Å². The number of aryl methyl sites for hydroxylation is 2. The molecule has 0 amide bonds. The molecular formula is C19H22N4O2S. The summed E-state index contributed by atoms with van der Waals surface area (Å²) in [5, 5.41) is 9.61. The first-order chi connectivity index (χ1) is 12.6. The van der Waals surface area contributed by atoms with E-state index in [9.17, 15) is 0 Å². The molecule has 1 unspecified atom stereocenters. The van der Waals surface area contributed by atoms with Gasteiger partial charge in [-0.3, -0.25) is 4.90 Å². The van der Waals surface area contributed by atoms with Gasteiger partial charge in [0.05, 0.1) is 6.54 Å². The summed E-state index contributed by atoms with van der Waals surface area (Å²) in [7, 11) is 1.92. The highest BCUT2D eigenvalue weighted by Crippen LogP contribution is 2.30. The summed E-state index contributed by atoms with van der Waals surface area (Å²) in [6.45, 7) is 6.69. The summed E-state index contributed by atoms with van der Waals surface area (Å²) >= 11 is 1.48. The maximum absolute atomic E-state index is 6.07. The first-order valence-electron chi connectivity index (χ1n) is 8.66. The zero-order valence-electron chi connectivity index (χ0n) is 15.2. The van der Waals surface area contributed by atoms with Crippen molar-refractivity contribution in [1.82, 2.24) is 19.7 Å². The Morgan fingerprint density at radius 1 is 1.27 bits per heavy atom. The summed E-state index contributed by atoms with van der Waals surface area (Å²) in [6, 6.07) is 10.4. The predicted octanol–water partition coefficient (Wildman–Crippen LogP) is 3.65. The Bertz CT molecular complexity index is 905. The van der Waals surface area contributed by atoms with E-state index in [1.165, 1.54) is 22.9 Å². The van der Waals surface area contributed by atoms with Crippen LogP contribution >= 0.6 is 11.8 Å². The standard InChI is InChI=1S/C19H22N4O2S/c1-13-4-6-17-15(8-13)10-23(9-14(2)24-17)11-16-5-7-18(25-16)26-19-21-20-12-22(19)3/h4-8,12,14H,9-11H2,1-3H3. The van der Waals surface area contributed by atoms with E-state index in [1.807, 2.05) is 23.7 Å². The lowest BCUT2D eigenvalue weighted by Crippen LogP contribution is -2.30.